The fourth-order valence-electron chi connectivity index (χ4n) is 2.25. The fraction of sp³-hybridized carbons (Fsp3) is 0.200. The summed E-state index contributed by atoms with van der Waals surface area (Å²) in [6, 6.07) is 10.6. The van der Waals surface area contributed by atoms with Crippen molar-refractivity contribution >= 4 is 0 Å². The van der Waals surface area contributed by atoms with Crippen molar-refractivity contribution in [2.75, 3.05) is 0 Å². The summed E-state index contributed by atoms with van der Waals surface area (Å²) < 4.78 is 27.7. The highest BCUT2D eigenvalue weighted by Gasteiger charge is 2.22. The van der Waals surface area contributed by atoms with Crippen LogP contribution in [0, 0.1) is 11.6 Å². The van der Waals surface area contributed by atoms with Gasteiger partial charge in [-0.15, -0.1) is 0 Å². The number of rotatable bonds is 4. The molecule has 2 aromatic carbocycles. The summed E-state index contributed by atoms with van der Waals surface area (Å²) in [5, 5.41) is 0. The highest BCUT2D eigenvalue weighted by atomic mass is 19.1. The van der Waals surface area contributed by atoms with Gasteiger partial charge in [-0.25, -0.2) is 14.2 Å². The monoisotopic (exact) mass is 262 g/mol. The fourth-order valence-corrected chi connectivity index (χ4v) is 2.25. The SMILES string of the molecule is CCc1ccccc1C(NN)c1c(F)cccc1F. The van der Waals surface area contributed by atoms with Crippen molar-refractivity contribution in [1.29, 1.82) is 0 Å². The van der Waals surface area contributed by atoms with Gasteiger partial charge in [-0.05, 0) is 29.7 Å². The van der Waals surface area contributed by atoms with Gasteiger partial charge in [0.2, 0.25) is 0 Å². The van der Waals surface area contributed by atoms with Gasteiger partial charge in [-0.3, -0.25) is 5.84 Å². The van der Waals surface area contributed by atoms with Gasteiger partial charge in [0.05, 0.1) is 6.04 Å². The van der Waals surface area contributed by atoms with Crippen molar-refractivity contribution < 1.29 is 8.78 Å². The first kappa shape index (κ1) is 13.6. The molecule has 2 aromatic rings. The summed E-state index contributed by atoms with van der Waals surface area (Å²) in [5.41, 5.74) is 4.26. The Morgan fingerprint density at radius 3 is 2.26 bits per heavy atom. The lowest BCUT2D eigenvalue weighted by atomic mass is 9.93. The van der Waals surface area contributed by atoms with E-state index in [1.54, 1.807) is 0 Å². The van der Waals surface area contributed by atoms with Crippen LogP contribution in [0.1, 0.15) is 29.7 Å². The van der Waals surface area contributed by atoms with Gasteiger partial charge in [-0.1, -0.05) is 37.3 Å². The predicted molar refractivity (Wildman–Crippen MR) is 71.3 cm³/mol. The zero-order chi connectivity index (χ0) is 13.8. The molecule has 0 aliphatic heterocycles. The molecule has 4 heteroatoms. The number of nitrogens with one attached hydrogen (secondary N) is 1. The molecule has 2 nitrogen and oxygen atoms in total. The van der Waals surface area contributed by atoms with Gasteiger partial charge in [0.1, 0.15) is 11.6 Å². The summed E-state index contributed by atoms with van der Waals surface area (Å²) >= 11 is 0. The molecule has 0 saturated carbocycles. The maximum absolute atomic E-state index is 13.9. The Labute approximate surface area is 111 Å². The molecule has 100 valence electrons. The standard InChI is InChI=1S/C15H16F2N2/c1-2-10-6-3-4-7-11(10)15(19-18)14-12(16)8-5-9-13(14)17/h3-9,15,19H,2,18H2,1H3. The number of aryl methyl sites for hydroxylation is 1. The van der Waals surface area contributed by atoms with E-state index >= 15 is 0 Å². The molecule has 0 aliphatic carbocycles. The number of hydrazine groups is 1. The maximum Gasteiger partial charge on any atom is 0.131 e. The second-order valence-electron chi connectivity index (χ2n) is 4.29. The molecule has 1 atom stereocenters. The molecule has 0 spiro atoms. The minimum Gasteiger partial charge on any atom is -0.271 e. The molecular weight excluding hydrogens is 246 g/mol. The van der Waals surface area contributed by atoms with Crippen molar-refractivity contribution in [1.82, 2.24) is 5.43 Å². The van der Waals surface area contributed by atoms with Crippen LogP contribution < -0.4 is 11.3 Å². The number of hydrogen-bond acceptors (Lipinski definition) is 2. The van der Waals surface area contributed by atoms with Gasteiger partial charge in [-0.2, -0.15) is 0 Å². The Morgan fingerprint density at radius 1 is 1.05 bits per heavy atom. The molecule has 3 N–H and O–H groups in total. The quantitative estimate of drug-likeness (QED) is 0.656. The lowest BCUT2D eigenvalue weighted by Crippen LogP contribution is -2.31. The predicted octanol–water partition coefficient (Wildman–Crippen LogP) is 3.08. The Morgan fingerprint density at radius 2 is 1.68 bits per heavy atom. The third kappa shape index (κ3) is 2.64. The second-order valence-corrected chi connectivity index (χ2v) is 4.29. The Kier molecular flexibility index (Phi) is 4.24. The molecule has 0 heterocycles. The van der Waals surface area contributed by atoms with Gasteiger partial charge >= 0.3 is 0 Å². The topological polar surface area (TPSA) is 38.0 Å². The van der Waals surface area contributed by atoms with Crippen LogP contribution in [-0.2, 0) is 6.42 Å². The molecule has 0 amide bonds. The highest BCUT2D eigenvalue weighted by Crippen LogP contribution is 2.28. The molecule has 0 aliphatic rings. The molecule has 1 unspecified atom stereocenters. The first-order valence-corrected chi connectivity index (χ1v) is 6.16. The van der Waals surface area contributed by atoms with Crippen LogP contribution in [-0.4, -0.2) is 0 Å². The molecule has 0 fully saturated rings. The normalized spacial score (nSPS) is 12.4. The minimum atomic E-state index is -0.697. The highest BCUT2D eigenvalue weighted by molar-refractivity contribution is 5.38. The van der Waals surface area contributed by atoms with Crippen LogP contribution in [0.15, 0.2) is 42.5 Å². The van der Waals surface area contributed by atoms with Crippen molar-refractivity contribution in [2.24, 2.45) is 5.84 Å². The largest absolute Gasteiger partial charge is 0.271 e. The number of hydrogen-bond donors (Lipinski definition) is 2. The van der Waals surface area contributed by atoms with Gasteiger partial charge in [0.25, 0.3) is 0 Å². The summed E-state index contributed by atoms with van der Waals surface area (Å²) in [6.07, 6.45) is 0.768. The minimum absolute atomic E-state index is 0.0501. The average molecular weight is 262 g/mol. The summed E-state index contributed by atoms with van der Waals surface area (Å²) in [7, 11) is 0. The van der Waals surface area contributed by atoms with Crippen LogP contribution in [0.4, 0.5) is 8.78 Å². The zero-order valence-electron chi connectivity index (χ0n) is 10.7. The Balaban J connectivity index is 2.57. The van der Waals surface area contributed by atoms with Crippen molar-refractivity contribution in [3.63, 3.8) is 0 Å². The Bertz CT molecular complexity index is 550. The zero-order valence-corrected chi connectivity index (χ0v) is 10.7. The van der Waals surface area contributed by atoms with E-state index in [9.17, 15) is 8.78 Å². The van der Waals surface area contributed by atoms with Crippen LogP contribution in [0.2, 0.25) is 0 Å². The van der Waals surface area contributed by atoms with E-state index in [-0.39, 0.29) is 5.56 Å². The first-order valence-electron chi connectivity index (χ1n) is 6.16. The van der Waals surface area contributed by atoms with E-state index in [0.29, 0.717) is 0 Å². The Hall–Kier alpha value is -1.78. The smallest absolute Gasteiger partial charge is 0.131 e. The van der Waals surface area contributed by atoms with Gasteiger partial charge in [0.15, 0.2) is 0 Å². The van der Waals surface area contributed by atoms with Gasteiger partial charge in [0, 0.05) is 5.56 Å². The second kappa shape index (κ2) is 5.91. The van der Waals surface area contributed by atoms with E-state index in [4.69, 9.17) is 5.84 Å². The maximum atomic E-state index is 13.9. The van der Waals surface area contributed by atoms with Crippen LogP contribution in [0.3, 0.4) is 0 Å². The molecule has 0 saturated heterocycles. The molecule has 0 bridgehead atoms. The number of benzene rings is 2. The first-order chi connectivity index (χ1) is 9.19. The molecule has 19 heavy (non-hydrogen) atoms. The summed E-state index contributed by atoms with van der Waals surface area (Å²) in [6.45, 7) is 1.99. The van der Waals surface area contributed by atoms with Crippen LogP contribution in [0.25, 0.3) is 0 Å². The lowest BCUT2D eigenvalue weighted by molar-refractivity contribution is 0.509. The third-order valence-electron chi connectivity index (χ3n) is 3.20. The summed E-state index contributed by atoms with van der Waals surface area (Å²) in [4.78, 5) is 0. The van der Waals surface area contributed by atoms with E-state index in [0.717, 1.165) is 17.5 Å². The number of nitrogens with two attached hydrogens (primary N) is 1. The molecule has 2 rings (SSSR count). The average Bonchev–Trinajstić information content (AvgIpc) is 2.43. The van der Waals surface area contributed by atoms with Crippen LogP contribution >= 0.6 is 0 Å². The van der Waals surface area contributed by atoms with E-state index in [1.807, 2.05) is 31.2 Å². The van der Waals surface area contributed by atoms with Crippen molar-refractivity contribution in [2.45, 2.75) is 19.4 Å². The van der Waals surface area contributed by atoms with Gasteiger partial charge < -0.3 is 0 Å². The molecular formula is C15H16F2N2. The van der Waals surface area contributed by atoms with Crippen molar-refractivity contribution in [3.8, 4) is 0 Å². The third-order valence-corrected chi connectivity index (χ3v) is 3.20. The molecule has 0 radical (unpaired) electrons. The lowest BCUT2D eigenvalue weighted by Gasteiger charge is -2.20. The van der Waals surface area contributed by atoms with E-state index in [1.165, 1.54) is 18.2 Å². The number of halogens is 2. The summed E-state index contributed by atoms with van der Waals surface area (Å²) in [5.74, 6) is 4.31. The van der Waals surface area contributed by atoms with Crippen molar-refractivity contribution in [3.05, 3.63) is 70.8 Å². The van der Waals surface area contributed by atoms with E-state index in [2.05, 4.69) is 5.43 Å². The van der Waals surface area contributed by atoms with E-state index < -0.39 is 17.7 Å². The molecule has 0 aromatic heterocycles. The van der Waals surface area contributed by atoms with Crippen LogP contribution in [0.5, 0.6) is 0 Å².